The van der Waals surface area contributed by atoms with Crippen LogP contribution in [0.4, 0.5) is 22.7 Å². The van der Waals surface area contributed by atoms with Gasteiger partial charge < -0.3 is 19.0 Å². The number of hydrogen-bond donors (Lipinski definition) is 0. The first-order valence-electron chi connectivity index (χ1n) is 30.6. The van der Waals surface area contributed by atoms with Crippen LogP contribution in [-0.2, 0) is 27.1 Å². The van der Waals surface area contributed by atoms with Crippen molar-refractivity contribution in [1.29, 1.82) is 0 Å². The minimum atomic E-state index is -0.427. The zero-order chi connectivity index (χ0) is 60.8. The Labute approximate surface area is 480 Å². The lowest BCUT2D eigenvalue weighted by Crippen LogP contribution is -2.25. The fourth-order valence-electron chi connectivity index (χ4n) is 11.4. The van der Waals surface area contributed by atoms with Crippen molar-refractivity contribution in [3.8, 4) is 39.6 Å². The Balaban J connectivity index is 1.01. The molecule has 0 saturated heterocycles. The number of aromatic nitrogens is 2. The first kappa shape index (κ1) is 46.8. The number of ether oxygens (including phenoxy) is 1. The van der Waals surface area contributed by atoms with Crippen molar-refractivity contribution < 1.29 is 16.0 Å². The number of nitrogens with zero attached hydrogens (tertiary/aromatic N) is 4. The third-order valence-corrected chi connectivity index (χ3v) is 16.1. The molecule has 4 heterocycles. The van der Waals surface area contributed by atoms with Gasteiger partial charge >= 0.3 is 0 Å². The molecular weight excluding hydrogens is 977 g/mol. The van der Waals surface area contributed by atoms with Gasteiger partial charge in [0.05, 0.1) is 40.3 Å². The molecule has 11 aromatic rings. The topological polar surface area (TPSA) is 46.7 Å². The van der Waals surface area contributed by atoms with Gasteiger partial charge in [-0.2, -0.15) is 0 Å². The number of furan rings is 1. The van der Waals surface area contributed by atoms with Crippen molar-refractivity contribution >= 4 is 66.5 Å². The van der Waals surface area contributed by atoms with Crippen molar-refractivity contribution in [1.82, 2.24) is 9.55 Å². The van der Waals surface area contributed by atoms with Gasteiger partial charge in [0.2, 0.25) is 0 Å². The highest BCUT2D eigenvalue weighted by Crippen LogP contribution is 2.53. The maximum Gasteiger partial charge on any atom is 0.145 e. The fraction of sp³-hybridized carbons (Fsp3) is 0.284. The van der Waals surface area contributed by atoms with Crippen molar-refractivity contribution in [2.45, 2.75) is 131 Å². The molecular formula is C74H76N4O2. The zero-order valence-electron chi connectivity index (χ0n) is 54.2. The lowest BCUT2D eigenvalue weighted by Gasteiger charge is -2.31. The Hall–Kier alpha value is -8.09. The predicted molar refractivity (Wildman–Crippen MR) is 339 cm³/mol. The molecule has 0 atom stereocenters. The van der Waals surface area contributed by atoms with Crippen LogP contribution in [0.15, 0.2) is 180 Å². The summed E-state index contributed by atoms with van der Waals surface area (Å²) in [5, 5.41) is 4.17. The summed E-state index contributed by atoms with van der Waals surface area (Å²) >= 11 is 0. The van der Waals surface area contributed by atoms with Crippen LogP contribution in [0, 0.1) is 0 Å². The Kier molecular flexibility index (Phi) is 11.0. The summed E-state index contributed by atoms with van der Waals surface area (Å²) in [6.45, 7) is 33.6. The minimum Gasteiger partial charge on any atom is -0.457 e. The molecule has 0 aliphatic carbocycles. The van der Waals surface area contributed by atoms with E-state index in [0.29, 0.717) is 23.7 Å². The standard InChI is InChI=1S/C74H76N4O2/c1-70(2,3)48-28-30-56-57-32-33-63-67(69(57)80-65(56)41-48)58-31-29-55(44-64(58)78(63)66-42-49(34-35-75-66)71(4,5)6)79-54-25-21-24-53(43-54)76-45-77(62-27-20-19-26-61(62)76)68-59(46-22-17-16-18-23-46)39-52(74(13,14)15)40-60(68)47-36-50(72(7,8)9)38-51(37-47)73(10,11)12/h16-44H,45H2,1-15H3/i16D,17D,18D,22D,23D. The van der Waals surface area contributed by atoms with Gasteiger partial charge in [-0.3, -0.25) is 4.57 Å². The molecule has 0 radical (unpaired) electrons. The van der Waals surface area contributed by atoms with Gasteiger partial charge in [-0.05, 0) is 145 Å². The SMILES string of the molecule is [2H]c1c([2H])c([2H])c(-c2cc(C(C)(C)C)cc(-c3cc(C(C)(C)C)cc(C(C)(C)C)c3)c2N2CN(c3cccc(Oc4ccc5c6c7oc8cc(C(C)(C)C)ccc8c7ccc6n(-c6cc(C(C)(C)C)ccn6)c5c4)c3)c3ccccc32)c([2H])c1[2H]. The number of rotatable bonds is 7. The maximum atomic E-state index is 9.52. The van der Waals surface area contributed by atoms with Crippen LogP contribution in [0.25, 0.3) is 71.8 Å². The Morgan fingerprint density at radius 3 is 1.73 bits per heavy atom. The van der Waals surface area contributed by atoms with E-state index in [0.717, 1.165) is 89.0 Å². The van der Waals surface area contributed by atoms with E-state index in [9.17, 15) is 2.74 Å². The molecule has 6 heteroatoms. The van der Waals surface area contributed by atoms with Crippen LogP contribution in [-0.4, -0.2) is 16.2 Å². The van der Waals surface area contributed by atoms with Crippen molar-refractivity contribution in [3.05, 3.63) is 204 Å². The molecule has 0 saturated carbocycles. The normalized spacial score (nSPS) is 14.5. The van der Waals surface area contributed by atoms with Crippen LogP contribution in [0.5, 0.6) is 11.5 Å². The lowest BCUT2D eigenvalue weighted by molar-refractivity contribution is 0.483. The van der Waals surface area contributed by atoms with Gasteiger partial charge in [-0.1, -0.05) is 183 Å². The van der Waals surface area contributed by atoms with E-state index in [1.54, 1.807) is 0 Å². The summed E-state index contributed by atoms with van der Waals surface area (Å²) in [5.74, 6) is 2.09. The highest BCUT2D eigenvalue weighted by atomic mass is 16.5. The molecule has 0 fully saturated rings. The molecule has 12 rings (SSSR count). The van der Waals surface area contributed by atoms with E-state index >= 15 is 0 Å². The first-order valence-corrected chi connectivity index (χ1v) is 28.1. The Bertz CT molecular complexity index is 4470. The largest absolute Gasteiger partial charge is 0.457 e. The van der Waals surface area contributed by atoms with Crippen LogP contribution >= 0.6 is 0 Å². The summed E-state index contributed by atoms with van der Waals surface area (Å²) in [4.78, 5) is 9.54. The molecule has 1 aliphatic rings. The summed E-state index contributed by atoms with van der Waals surface area (Å²) in [6.07, 6.45) is 1.90. The molecule has 3 aromatic heterocycles. The molecule has 6 nitrogen and oxygen atoms in total. The number of anilines is 4. The second kappa shape index (κ2) is 18.8. The molecule has 0 bridgehead atoms. The van der Waals surface area contributed by atoms with Gasteiger partial charge in [-0.25, -0.2) is 4.98 Å². The van der Waals surface area contributed by atoms with Gasteiger partial charge in [0.25, 0.3) is 0 Å². The van der Waals surface area contributed by atoms with Crippen LogP contribution in [0.1, 0.15) is 139 Å². The van der Waals surface area contributed by atoms with Gasteiger partial charge in [-0.15, -0.1) is 0 Å². The van der Waals surface area contributed by atoms with Crippen molar-refractivity contribution in [2.24, 2.45) is 0 Å². The molecule has 80 heavy (non-hydrogen) atoms. The predicted octanol–water partition coefficient (Wildman–Crippen LogP) is 20.9. The Morgan fingerprint density at radius 1 is 0.475 bits per heavy atom. The molecule has 1 aliphatic heterocycles. The van der Waals surface area contributed by atoms with E-state index < -0.39 is 6.04 Å². The Morgan fingerprint density at radius 2 is 1.06 bits per heavy atom. The monoisotopic (exact) mass is 1060 g/mol. The lowest BCUT2D eigenvalue weighted by atomic mass is 9.77. The molecule has 0 N–H and O–H groups in total. The first-order chi connectivity index (χ1) is 39.9. The van der Waals surface area contributed by atoms with Gasteiger partial charge in [0.15, 0.2) is 0 Å². The number of fused-ring (bicyclic) bond motifs is 8. The molecule has 404 valence electrons. The van der Waals surface area contributed by atoms with E-state index in [1.807, 2.05) is 36.5 Å². The van der Waals surface area contributed by atoms with Crippen LogP contribution < -0.4 is 14.5 Å². The highest BCUT2D eigenvalue weighted by molar-refractivity contribution is 6.24. The average Bonchev–Trinajstić information content (AvgIpc) is 2.07. The summed E-state index contributed by atoms with van der Waals surface area (Å²) in [5.41, 5.74) is 14.5. The summed E-state index contributed by atoms with van der Waals surface area (Å²) in [7, 11) is 0. The minimum absolute atomic E-state index is 0.0403. The molecule has 8 aromatic carbocycles. The highest BCUT2D eigenvalue weighted by Gasteiger charge is 2.34. The summed E-state index contributed by atoms with van der Waals surface area (Å²) in [6, 6.07) is 47.5. The smallest absolute Gasteiger partial charge is 0.145 e. The second-order valence-electron chi connectivity index (χ2n) is 27.1. The third-order valence-electron chi connectivity index (χ3n) is 16.1. The van der Waals surface area contributed by atoms with Gasteiger partial charge in [0, 0.05) is 51.3 Å². The van der Waals surface area contributed by atoms with Gasteiger partial charge in [0.1, 0.15) is 35.2 Å². The zero-order valence-corrected chi connectivity index (χ0v) is 49.2. The third kappa shape index (κ3) is 9.40. The number of benzene rings is 8. The number of hydrogen-bond acceptors (Lipinski definition) is 5. The van der Waals surface area contributed by atoms with E-state index in [4.69, 9.17) is 18.3 Å². The maximum absolute atomic E-state index is 9.52. The van der Waals surface area contributed by atoms with Crippen molar-refractivity contribution in [3.63, 3.8) is 0 Å². The van der Waals surface area contributed by atoms with Crippen LogP contribution in [0.3, 0.4) is 0 Å². The average molecular weight is 1060 g/mol. The quantitative estimate of drug-likeness (QED) is 0.159. The number of pyridine rings is 1. The number of para-hydroxylation sites is 2. The van der Waals surface area contributed by atoms with Crippen LogP contribution in [0.2, 0.25) is 0 Å². The van der Waals surface area contributed by atoms with E-state index in [-0.39, 0.29) is 56.8 Å². The van der Waals surface area contributed by atoms with Crippen molar-refractivity contribution in [2.75, 3.05) is 16.5 Å². The molecule has 0 unspecified atom stereocenters. The summed E-state index contributed by atoms with van der Waals surface area (Å²) < 4.78 is 61.8. The fourth-order valence-corrected chi connectivity index (χ4v) is 11.4. The van der Waals surface area contributed by atoms with E-state index in [2.05, 4.69) is 227 Å². The molecule has 0 amide bonds. The van der Waals surface area contributed by atoms with E-state index in [1.165, 1.54) is 22.3 Å². The second-order valence-corrected chi connectivity index (χ2v) is 27.1. The molecule has 0 spiro atoms.